The van der Waals surface area contributed by atoms with E-state index in [1.165, 1.54) is 5.56 Å². The third kappa shape index (κ3) is 6.90. The molecule has 0 aliphatic rings. The normalized spacial score (nSPS) is 11.4. The Morgan fingerprint density at radius 3 is 2.44 bits per heavy atom. The van der Waals surface area contributed by atoms with E-state index in [2.05, 4.69) is 0 Å². The number of nitrogens with two attached hydrogens (primary N) is 1. The number of anilines is 1. The van der Waals surface area contributed by atoms with Crippen molar-refractivity contribution in [2.24, 2.45) is 0 Å². The fourth-order valence-corrected chi connectivity index (χ4v) is 3.24. The Bertz CT molecular complexity index is 474. The SMILES string of the molecule is Nc1ccccc1CCCCCC[S+]=S(=O)(O)O. The van der Waals surface area contributed by atoms with Crippen molar-refractivity contribution in [2.75, 3.05) is 11.5 Å². The van der Waals surface area contributed by atoms with Crippen molar-refractivity contribution in [3.63, 3.8) is 0 Å². The minimum absolute atomic E-state index is 0.513. The Balaban J connectivity index is 2.13. The summed E-state index contributed by atoms with van der Waals surface area (Å²) in [7, 11) is -2.91. The Morgan fingerprint density at radius 2 is 1.78 bits per heavy atom. The van der Waals surface area contributed by atoms with E-state index in [4.69, 9.17) is 14.8 Å². The molecule has 0 spiro atoms. The first-order chi connectivity index (χ1) is 8.49. The molecule has 102 valence electrons. The Kier molecular flexibility index (Phi) is 6.56. The van der Waals surface area contributed by atoms with Crippen LogP contribution in [0.3, 0.4) is 0 Å². The van der Waals surface area contributed by atoms with Gasteiger partial charge in [-0.3, -0.25) is 9.11 Å². The third-order valence-electron chi connectivity index (χ3n) is 2.63. The van der Waals surface area contributed by atoms with Crippen LogP contribution in [-0.4, -0.2) is 19.1 Å². The average Bonchev–Trinajstić information content (AvgIpc) is 2.28. The van der Waals surface area contributed by atoms with Crippen LogP contribution in [0, 0.1) is 0 Å². The number of aryl methyl sites for hydroxylation is 1. The van der Waals surface area contributed by atoms with Crippen molar-refractivity contribution in [1.82, 2.24) is 0 Å². The Labute approximate surface area is 112 Å². The molecule has 1 rings (SSSR count). The van der Waals surface area contributed by atoms with Gasteiger partial charge in [-0.25, -0.2) is 0 Å². The number of para-hydroxylation sites is 1. The molecule has 0 saturated carbocycles. The van der Waals surface area contributed by atoms with Gasteiger partial charge in [0.05, 0.1) is 0 Å². The first-order valence-electron chi connectivity index (χ1n) is 5.96. The maximum absolute atomic E-state index is 10.6. The van der Waals surface area contributed by atoms with Crippen molar-refractivity contribution in [2.45, 2.75) is 32.1 Å². The standard InChI is InChI=1S/C12H19NO3S2/c13-12-9-5-4-8-11(12)7-3-1-2-6-10-17-18(14,15)16/h4-5,8-9H,1-3,6-7,10,13H2,(H-,14,15,16)/p+1. The lowest BCUT2D eigenvalue weighted by Crippen LogP contribution is -1.98. The third-order valence-corrected chi connectivity index (χ3v) is 4.82. The summed E-state index contributed by atoms with van der Waals surface area (Å²) in [6, 6.07) is 7.86. The highest BCUT2D eigenvalue weighted by Gasteiger charge is 2.08. The fourth-order valence-electron chi connectivity index (χ4n) is 1.70. The van der Waals surface area contributed by atoms with Crippen molar-refractivity contribution >= 4 is 25.1 Å². The van der Waals surface area contributed by atoms with Crippen LogP contribution in [0.2, 0.25) is 0 Å². The summed E-state index contributed by atoms with van der Waals surface area (Å²) in [6.07, 6.45) is 4.93. The van der Waals surface area contributed by atoms with Gasteiger partial charge in [0.25, 0.3) is 10.3 Å². The Morgan fingerprint density at radius 1 is 1.11 bits per heavy atom. The molecule has 4 N–H and O–H groups in total. The predicted octanol–water partition coefficient (Wildman–Crippen LogP) is 2.60. The summed E-state index contributed by atoms with van der Waals surface area (Å²) in [5.41, 5.74) is 7.86. The van der Waals surface area contributed by atoms with E-state index in [1.54, 1.807) is 0 Å². The quantitative estimate of drug-likeness (QED) is 0.409. The topological polar surface area (TPSA) is 83.6 Å². The average molecular weight is 290 g/mol. The minimum Gasteiger partial charge on any atom is -0.399 e. The number of benzene rings is 1. The molecule has 0 amide bonds. The maximum Gasteiger partial charge on any atom is 0.430 e. The lowest BCUT2D eigenvalue weighted by atomic mass is 10.0. The van der Waals surface area contributed by atoms with Crippen LogP contribution in [0.25, 0.3) is 0 Å². The molecule has 0 fully saturated rings. The molecule has 0 unspecified atom stereocenters. The second kappa shape index (κ2) is 7.68. The molecule has 1 aromatic rings. The smallest absolute Gasteiger partial charge is 0.399 e. The van der Waals surface area contributed by atoms with E-state index in [0.29, 0.717) is 16.1 Å². The highest BCUT2D eigenvalue weighted by molar-refractivity contribution is 8.34. The van der Waals surface area contributed by atoms with Crippen LogP contribution in [0.4, 0.5) is 5.69 Å². The summed E-state index contributed by atoms with van der Waals surface area (Å²) in [4.78, 5) is 0. The van der Waals surface area contributed by atoms with Gasteiger partial charge < -0.3 is 5.73 Å². The van der Waals surface area contributed by atoms with Gasteiger partial charge in [-0.1, -0.05) is 24.6 Å². The zero-order chi connectivity index (χ0) is 13.4. The number of hydrogen-bond donors (Lipinski definition) is 3. The van der Waals surface area contributed by atoms with E-state index >= 15 is 0 Å². The maximum atomic E-state index is 10.6. The van der Waals surface area contributed by atoms with Crippen LogP contribution in [0.15, 0.2) is 24.3 Å². The van der Waals surface area contributed by atoms with Crippen molar-refractivity contribution in [3.8, 4) is 0 Å². The molecule has 0 aromatic heterocycles. The van der Waals surface area contributed by atoms with E-state index in [-0.39, 0.29) is 0 Å². The van der Waals surface area contributed by atoms with Crippen molar-refractivity contribution in [1.29, 1.82) is 0 Å². The molecule has 0 aliphatic heterocycles. The molecular formula is C12H20NO3S2+. The van der Waals surface area contributed by atoms with E-state index in [9.17, 15) is 4.21 Å². The van der Waals surface area contributed by atoms with Gasteiger partial charge in [0.2, 0.25) is 0 Å². The molecule has 6 heteroatoms. The molecule has 4 nitrogen and oxygen atoms in total. The molecule has 0 radical (unpaired) electrons. The molecular weight excluding hydrogens is 270 g/mol. The van der Waals surface area contributed by atoms with Gasteiger partial charge in [-0.15, -0.1) is 0 Å². The predicted molar refractivity (Wildman–Crippen MR) is 78.7 cm³/mol. The first kappa shape index (κ1) is 15.4. The summed E-state index contributed by atoms with van der Waals surface area (Å²) >= 11 is 0. The summed E-state index contributed by atoms with van der Waals surface area (Å²) in [5.74, 6) is 0.513. The van der Waals surface area contributed by atoms with E-state index < -0.39 is 9.05 Å². The van der Waals surface area contributed by atoms with Crippen LogP contribution in [0.1, 0.15) is 31.2 Å². The second-order valence-electron chi connectivity index (χ2n) is 4.13. The summed E-state index contributed by atoms with van der Waals surface area (Å²) < 4.78 is 27.8. The highest BCUT2D eigenvalue weighted by atomic mass is 32.9. The number of nitrogen functional groups attached to an aromatic ring is 1. The number of unbranched alkanes of at least 4 members (excludes halogenated alkanes) is 3. The fraction of sp³-hybridized carbons (Fsp3) is 0.500. The van der Waals surface area contributed by atoms with Crippen LogP contribution in [0.5, 0.6) is 0 Å². The largest absolute Gasteiger partial charge is 0.430 e. The van der Waals surface area contributed by atoms with Gasteiger partial charge in [-0.05, 0) is 30.9 Å². The highest BCUT2D eigenvalue weighted by Crippen LogP contribution is 2.14. The van der Waals surface area contributed by atoms with Gasteiger partial charge in [0.1, 0.15) is 0 Å². The molecule has 0 heterocycles. The number of hydrogen-bond acceptors (Lipinski definition) is 2. The van der Waals surface area contributed by atoms with Crippen LogP contribution < -0.4 is 5.73 Å². The molecule has 0 bridgehead atoms. The number of rotatable bonds is 7. The lowest BCUT2D eigenvalue weighted by Gasteiger charge is -2.04. The van der Waals surface area contributed by atoms with E-state index in [0.717, 1.165) is 37.8 Å². The zero-order valence-electron chi connectivity index (χ0n) is 10.2. The van der Waals surface area contributed by atoms with Gasteiger partial charge in [-0.2, -0.15) is 4.21 Å². The molecule has 1 aromatic carbocycles. The monoisotopic (exact) mass is 290 g/mol. The van der Waals surface area contributed by atoms with Crippen LogP contribution in [-0.2, 0) is 25.8 Å². The molecule has 0 atom stereocenters. The van der Waals surface area contributed by atoms with Gasteiger partial charge in [0.15, 0.2) is 5.75 Å². The van der Waals surface area contributed by atoms with Crippen molar-refractivity contribution < 1.29 is 13.3 Å². The first-order valence-corrected chi connectivity index (χ1v) is 8.93. The molecule has 0 saturated heterocycles. The zero-order valence-corrected chi connectivity index (χ0v) is 11.9. The van der Waals surface area contributed by atoms with Crippen molar-refractivity contribution in [3.05, 3.63) is 29.8 Å². The van der Waals surface area contributed by atoms with Gasteiger partial charge in [0, 0.05) is 12.1 Å². The Hall–Kier alpha value is -0.690. The van der Waals surface area contributed by atoms with Crippen LogP contribution >= 0.6 is 0 Å². The van der Waals surface area contributed by atoms with E-state index in [1.807, 2.05) is 24.3 Å². The van der Waals surface area contributed by atoms with Gasteiger partial charge >= 0.3 is 9.05 Å². The minimum atomic E-state index is -3.62. The summed E-state index contributed by atoms with van der Waals surface area (Å²) in [5, 5.41) is 0. The lowest BCUT2D eigenvalue weighted by molar-refractivity contribution is 0.450. The second-order valence-corrected chi connectivity index (χ2v) is 7.68. The summed E-state index contributed by atoms with van der Waals surface area (Å²) in [6.45, 7) is 0. The molecule has 0 aliphatic carbocycles. The molecule has 18 heavy (non-hydrogen) atoms.